The van der Waals surface area contributed by atoms with Gasteiger partial charge in [0.1, 0.15) is 58.1 Å². The number of hydrogen-bond acceptors (Lipinski definition) is 16. The van der Waals surface area contributed by atoms with Crippen molar-refractivity contribution in [3.05, 3.63) is 166 Å². The Morgan fingerprint density at radius 2 is 0.607 bits per heavy atom. The van der Waals surface area contributed by atoms with Crippen LogP contribution in [0.4, 0.5) is 0 Å². The number of hydrogen-bond donors (Lipinski definition) is 0. The molecule has 6 atom stereocenters. The predicted octanol–water partition coefficient (Wildman–Crippen LogP) is 22.7. The molecule has 6 unspecified atom stereocenters. The minimum absolute atomic E-state index is 0.0699. The van der Waals surface area contributed by atoms with E-state index in [-0.39, 0.29) is 138 Å². The molecule has 652 valence electrons. The molecular weight excluding hydrogens is 1570 g/mol. The van der Waals surface area contributed by atoms with Crippen molar-refractivity contribution in [3.8, 4) is 46.0 Å². The second kappa shape index (κ2) is 35.5. The Morgan fingerprint density at radius 1 is 0.369 bits per heavy atom. The Kier molecular flexibility index (Phi) is 26.4. The molecule has 0 saturated heterocycles. The average molecular weight is 1700 g/mol. The zero-order valence-electron chi connectivity index (χ0n) is 76.4. The van der Waals surface area contributed by atoms with Gasteiger partial charge in [0.25, 0.3) is 23.6 Å². The van der Waals surface area contributed by atoms with Crippen LogP contribution in [0.1, 0.15) is 253 Å². The second-order valence-corrected chi connectivity index (χ2v) is 45.1. The monoisotopic (exact) mass is 1700 g/mol. The van der Waals surface area contributed by atoms with Crippen molar-refractivity contribution in [1.82, 2.24) is 19.6 Å². The first-order valence-electron chi connectivity index (χ1n) is 43.9. The lowest BCUT2D eigenvalue weighted by Crippen LogP contribution is -2.57. The number of imide groups is 2. The van der Waals surface area contributed by atoms with Crippen molar-refractivity contribution in [2.75, 3.05) is 55.7 Å². The minimum atomic E-state index is -3.05. The summed E-state index contributed by atoms with van der Waals surface area (Å²) in [7, 11) is 3.57. The van der Waals surface area contributed by atoms with Crippen LogP contribution in [-0.2, 0) is 57.8 Å². The van der Waals surface area contributed by atoms with Gasteiger partial charge >= 0.3 is 17.6 Å². The smallest absolute Gasteiger partial charge is 0.457 e. The van der Waals surface area contributed by atoms with E-state index in [1.165, 1.54) is 9.80 Å². The van der Waals surface area contributed by atoms with Crippen molar-refractivity contribution in [2.24, 2.45) is 23.7 Å². The van der Waals surface area contributed by atoms with Crippen LogP contribution in [0.15, 0.2) is 121 Å². The van der Waals surface area contributed by atoms with Gasteiger partial charge in [-0.25, -0.2) is 0 Å². The minimum Gasteiger partial charge on any atom is -0.457 e. The highest BCUT2D eigenvalue weighted by Gasteiger charge is 2.51. The topological polar surface area (TPSA) is 208 Å². The maximum Gasteiger partial charge on any atom is 0.500 e. The van der Waals surface area contributed by atoms with Crippen LogP contribution < -0.4 is 18.9 Å². The fourth-order valence-corrected chi connectivity index (χ4v) is 23.5. The molecule has 122 heavy (non-hydrogen) atoms. The number of carbonyl (C=O) groups is 6. The normalized spacial score (nSPS) is 18.1. The fourth-order valence-electron chi connectivity index (χ4n) is 19.3. The van der Waals surface area contributed by atoms with Crippen LogP contribution in [0.25, 0.3) is 43.1 Å². The second-order valence-electron chi connectivity index (χ2n) is 39.1. The molecule has 4 aliphatic rings. The molecule has 9 aromatic carbocycles. The lowest BCUT2D eigenvalue weighted by molar-refractivity contribution is -0.139. The highest BCUT2D eigenvalue weighted by Crippen LogP contribution is 2.59. The van der Waals surface area contributed by atoms with Crippen LogP contribution in [0, 0.1) is 23.7 Å². The lowest BCUT2D eigenvalue weighted by Gasteiger charge is -2.42. The summed E-state index contributed by atoms with van der Waals surface area (Å²) in [5.74, 6) is -1.66. The van der Waals surface area contributed by atoms with E-state index in [2.05, 4.69) is 83.1 Å². The number of benzene rings is 9. The third-order valence-corrected chi connectivity index (χ3v) is 31.8. The highest BCUT2D eigenvalue weighted by atomic mass is 28.4. The number of ether oxygens (including phenoxy) is 4. The molecule has 2 aliphatic heterocycles. The molecule has 9 aromatic rings. The van der Waals surface area contributed by atoms with E-state index in [0.29, 0.717) is 106 Å². The van der Waals surface area contributed by atoms with E-state index < -0.39 is 53.3 Å². The molecule has 2 heterocycles. The molecule has 0 bridgehead atoms. The van der Waals surface area contributed by atoms with Crippen LogP contribution in [0.3, 0.4) is 0 Å². The summed E-state index contributed by atoms with van der Waals surface area (Å²) < 4.78 is 65.9. The van der Waals surface area contributed by atoms with Gasteiger partial charge in [-0.3, -0.25) is 38.6 Å². The van der Waals surface area contributed by atoms with Gasteiger partial charge in [-0.1, -0.05) is 185 Å². The summed E-state index contributed by atoms with van der Waals surface area (Å²) >= 11 is 0. The third-order valence-electron chi connectivity index (χ3n) is 25.9. The molecular formula is C100H128N4O16Si2. The fraction of sp³-hybridized carbons (Fsp3) is 0.500. The van der Waals surface area contributed by atoms with E-state index in [9.17, 15) is 0 Å². The Bertz CT molecular complexity index is 4780. The molecule has 22 heteroatoms. The van der Waals surface area contributed by atoms with Crippen molar-refractivity contribution >= 4 is 96.1 Å². The van der Waals surface area contributed by atoms with Crippen LogP contribution in [-0.4, -0.2) is 153 Å². The Labute approximate surface area is 723 Å². The average Bonchev–Trinajstić information content (AvgIpc) is 0.669. The first-order valence-corrected chi connectivity index (χ1v) is 47.7. The molecule has 0 spiro atoms. The molecule has 0 N–H and O–H groups in total. The first kappa shape index (κ1) is 90.6. The molecule has 0 aromatic heterocycles. The number of likely N-dealkylation sites (N-methyl/N-ethyl adjacent to an activating group) is 2. The molecule has 2 fully saturated rings. The quantitative estimate of drug-likeness (QED) is 0.0177. The lowest BCUT2D eigenvalue weighted by atomic mass is 9.80. The summed E-state index contributed by atoms with van der Waals surface area (Å²) in [4.78, 5) is 107. The largest absolute Gasteiger partial charge is 0.500 e. The first-order chi connectivity index (χ1) is 57.7. The van der Waals surface area contributed by atoms with Gasteiger partial charge < -0.3 is 55.3 Å². The predicted molar refractivity (Wildman–Crippen MR) is 485 cm³/mol. The molecule has 0 radical (unpaired) electrons. The van der Waals surface area contributed by atoms with Gasteiger partial charge in [0.05, 0.1) is 22.3 Å². The number of nitrogens with zero attached hydrogens (tertiary/aromatic N) is 4. The maximum absolute atomic E-state index is 17.1. The molecule has 20 nitrogen and oxygen atoms in total. The number of carbonyl (C=O) groups excluding carboxylic acids is 6. The summed E-state index contributed by atoms with van der Waals surface area (Å²) in [6, 6.07) is 36.0. The van der Waals surface area contributed by atoms with Gasteiger partial charge in [0.15, 0.2) is 0 Å². The maximum atomic E-state index is 17.1. The summed E-state index contributed by atoms with van der Waals surface area (Å²) in [6.07, 6.45) is 6.33. The van der Waals surface area contributed by atoms with Crippen LogP contribution in [0.5, 0.6) is 46.0 Å². The van der Waals surface area contributed by atoms with Crippen molar-refractivity contribution in [3.63, 3.8) is 0 Å². The van der Waals surface area contributed by atoms with Crippen molar-refractivity contribution in [2.45, 2.75) is 247 Å². The van der Waals surface area contributed by atoms with Gasteiger partial charge in [0.2, 0.25) is 11.8 Å². The Hall–Kier alpha value is -9.11. The Balaban J connectivity index is 1.14. The van der Waals surface area contributed by atoms with E-state index in [1.54, 1.807) is 66.9 Å². The SMILES string of the molecule is CCN(C(=O)C(CC(C)C)N1C(=O)c2cc(Oc3ccc(C(C)(C)C)cc3)c3c4c(Oc5ccc(C(C)(C)C)cc5)cc5c6c(cc(Oc7ccc(C(C)(C)C)cc7)c(c7c(Oc8ccc(C(C)(C)C)cc8)cc(c2c37)C1=O)c64)C(=O)N(C(CC(C)C)C(=O)N(CC)C1CCCC(C[Si](OC)(OC)OC)C1)C5=O)C1CCCC(C[Si](OC)(OC)OC)C1. The van der Waals surface area contributed by atoms with E-state index in [1.807, 2.05) is 148 Å². The number of rotatable bonds is 30. The van der Waals surface area contributed by atoms with Crippen LogP contribution in [0.2, 0.25) is 12.1 Å². The van der Waals surface area contributed by atoms with Crippen LogP contribution >= 0.6 is 0 Å². The standard InChI is InChI=1S/C100H128N4O16Si2/c1-25-101(67-31-27-29-61(51-67)57-121(111-19,112-20)113-21)95(109)77(49-59(3)4)103-91(105)73-53-79(117-69-41-33-63(34-42-69)97(7,8)9)85-87-81(119-71-45-37-65(38-46-71)99(13,14)15)55-75-84-76(94(108)104(93(75)107)78(50-60(5)6)96(110)102(26-2)68-32-28-30-62(52-68)58-122(114-22,115-23)116-24)56-82(120-72-47-39-66(40-48-72)100(16,17)18)88(90(84)87)86-80(54-74(92(103)106)83(73)89(85)86)118-70-43-35-64(36-44-70)98(10,11)12/h33-48,53-56,59-62,67-68,77-78H,25-32,49-52,57-58H2,1-24H3. The third kappa shape index (κ3) is 17.7. The molecule has 13 rings (SSSR count). The highest BCUT2D eigenvalue weighted by molar-refractivity contribution is 6.61. The zero-order chi connectivity index (χ0) is 88.4. The summed E-state index contributed by atoms with van der Waals surface area (Å²) in [5, 5.41) is 2.49. The van der Waals surface area contributed by atoms with Gasteiger partial charge in [0, 0.05) is 123 Å². The molecule has 6 amide bonds. The number of amides is 6. The van der Waals surface area contributed by atoms with Crippen molar-refractivity contribution < 1.29 is 74.3 Å². The van der Waals surface area contributed by atoms with E-state index in [4.69, 9.17) is 45.5 Å². The zero-order valence-corrected chi connectivity index (χ0v) is 78.4. The molecule has 2 aliphatic carbocycles. The summed E-state index contributed by atoms with van der Waals surface area (Å²) in [5.41, 5.74) is 3.33. The van der Waals surface area contributed by atoms with E-state index >= 15 is 28.8 Å². The summed E-state index contributed by atoms with van der Waals surface area (Å²) in [6.45, 7) is 38.1. The van der Waals surface area contributed by atoms with Gasteiger partial charge in [-0.05, 0) is 193 Å². The van der Waals surface area contributed by atoms with Gasteiger partial charge in [-0.15, -0.1) is 0 Å². The van der Waals surface area contributed by atoms with E-state index in [0.717, 1.165) is 47.9 Å². The Morgan fingerprint density at radius 3 is 0.811 bits per heavy atom. The number of fused-ring (bicyclic) bond motifs is 2. The molecule has 2 saturated carbocycles. The van der Waals surface area contributed by atoms with Crippen molar-refractivity contribution in [1.29, 1.82) is 0 Å². The van der Waals surface area contributed by atoms with Gasteiger partial charge in [-0.2, -0.15) is 0 Å².